The summed E-state index contributed by atoms with van der Waals surface area (Å²) in [5.41, 5.74) is -4.72. The number of aromatic nitrogens is 5. The Bertz CT molecular complexity index is 1360. The maximum Gasteiger partial charge on any atom is 0.422 e. The summed E-state index contributed by atoms with van der Waals surface area (Å²) in [7, 11) is 0. The number of aliphatic hydroxyl groups is 2. The standard InChI is InChI=1S/C24H29F4N7O4/c1-22(2,3)39-21(37)34-6-5-14(25)16(11-34)32-18-10-29-8-15(31-18)17-9-30-19-7-13(12-36)20(33-35(17)19)23(4,38)24(26,27)28/h7-10,14,16,36,38H,5-6,11-12H2,1-4H3,(H,31,32)/t14-,16-,23?/m0/s1. The lowest BCUT2D eigenvalue weighted by Crippen LogP contribution is -2.52. The molecule has 11 nitrogen and oxygen atoms in total. The van der Waals surface area contributed by atoms with E-state index in [4.69, 9.17) is 4.74 Å². The molecule has 0 aliphatic carbocycles. The number of nitrogens with one attached hydrogen (secondary N) is 1. The summed E-state index contributed by atoms with van der Waals surface area (Å²) in [6.07, 6.45) is -2.90. The molecule has 15 heteroatoms. The van der Waals surface area contributed by atoms with Crippen LogP contribution >= 0.6 is 0 Å². The molecule has 3 N–H and O–H groups in total. The third kappa shape index (κ3) is 5.88. The van der Waals surface area contributed by atoms with Gasteiger partial charge in [-0.25, -0.2) is 23.7 Å². The van der Waals surface area contributed by atoms with Crippen LogP contribution in [0.2, 0.25) is 0 Å². The van der Waals surface area contributed by atoms with Crippen LogP contribution in [-0.4, -0.2) is 82.9 Å². The highest BCUT2D eigenvalue weighted by molar-refractivity contribution is 5.68. The van der Waals surface area contributed by atoms with Gasteiger partial charge in [0.25, 0.3) is 0 Å². The van der Waals surface area contributed by atoms with Crippen molar-refractivity contribution in [1.29, 1.82) is 0 Å². The summed E-state index contributed by atoms with van der Waals surface area (Å²) < 4.78 is 61.9. The minimum Gasteiger partial charge on any atom is -0.444 e. The quantitative estimate of drug-likeness (QED) is 0.405. The van der Waals surface area contributed by atoms with Gasteiger partial charge in [-0.05, 0) is 40.2 Å². The van der Waals surface area contributed by atoms with Gasteiger partial charge >= 0.3 is 12.3 Å². The average molecular weight is 556 g/mol. The molecular weight excluding hydrogens is 526 g/mol. The van der Waals surface area contributed by atoms with Crippen molar-refractivity contribution in [1.82, 2.24) is 29.5 Å². The summed E-state index contributed by atoms with van der Waals surface area (Å²) in [4.78, 5) is 26.5. The van der Waals surface area contributed by atoms with Crippen LogP contribution in [0.4, 0.5) is 28.2 Å². The molecule has 1 saturated heterocycles. The zero-order valence-corrected chi connectivity index (χ0v) is 21.7. The second-order valence-corrected chi connectivity index (χ2v) is 10.4. The van der Waals surface area contributed by atoms with Crippen molar-refractivity contribution in [2.45, 2.75) is 70.3 Å². The Balaban J connectivity index is 1.63. The van der Waals surface area contributed by atoms with E-state index in [-0.39, 0.29) is 47.9 Å². The Morgan fingerprint density at radius 2 is 1.92 bits per heavy atom. The molecule has 4 rings (SSSR count). The summed E-state index contributed by atoms with van der Waals surface area (Å²) >= 11 is 0. The van der Waals surface area contributed by atoms with Gasteiger partial charge in [-0.15, -0.1) is 0 Å². The first kappa shape index (κ1) is 28.4. The Kier molecular flexibility index (Phi) is 7.42. The molecule has 3 atom stereocenters. The van der Waals surface area contributed by atoms with Crippen LogP contribution in [0.15, 0.2) is 24.7 Å². The Hall–Kier alpha value is -3.59. The van der Waals surface area contributed by atoms with E-state index in [1.807, 2.05) is 0 Å². The molecule has 1 aliphatic rings. The number of nitrogens with zero attached hydrogens (tertiary/aromatic N) is 6. The van der Waals surface area contributed by atoms with E-state index in [2.05, 4.69) is 25.4 Å². The van der Waals surface area contributed by atoms with Crippen molar-refractivity contribution in [3.63, 3.8) is 0 Å². The molecule has 0 aromatic carbocycles. The molecule has 1 amide bonds. The third-order valence-corrected chi connectivity index (χ3v) is 6.17. The molecule has 0 saturated carbocycles. The van der Waals surface area contributed by atoms with Gasteiger partial charge in [-0.2, -0.15) is 18.3 Å². The number of piperidine rings is 1. The number of hydrogen-bond acceptors (Lipinski definition) is 9. The number of aliphatic hydroxyl groups excluding tert-OH is 1. The second kappa shape index (κ2) is 10.2. The molecule has 1 unspecified atom stereocenters. The van der Waals surface area contributed by atoms with E-state index in [9.17, 15) is 32.6 Å². The van der Waals surface area contributed by atoms with Crippen LogP contribution in [0.25, 0.3) is 17.0 Å². The number of halogens is 4. The number of fused-ring (bicyclic) bond motifs is 1. The van der Waals surface area contributed by atoms with Crippen LogP contribution in [0.5, 0.6) is 0 Å². The highest BCUT2D eigenvalue weighted by Crippen LogP contribution is 2.39. The van der Waals surface area contributed by atoms with Crippen LogP contribution in [0.3, 0.4) is 0 Å². The number of rotatable bonds is 5. The summed E-state index contributed by atoms with van der Waals surface area (Å²) in [5, 5.41) is 26.7. The van der Waals surface area contributed by atoms with E-state index >= 15 is 0 Å². The topological polar surface area (TPSA) is 138 Å². The van der Waals surface area contributed by atoms with Gasteiger partial charge in [-0.3, -0.25) is 4.98 Å². The van der Waals surface area contributed by atoms with Gasteiger partial charge in [0.2, 0.25) is 5.60 Å². The van der Waals surface area contributed by atoms with Crippen LogP contribution in [0, 0.1) is 0 Å². The lowest BCUT2D eigenvalue weighted by molar-refractivity contribution is -0.261. The molecule has 3 aromatic rings. The highest BCUT2D eigenvalue weighted by atomic mass is 19.4. The van der Waals surface area contributed by atoms with Crippen molar-refractivity contribution in [3.8, 4) is 11.4 Å². The van der Waals surface area contributed by atoms with Crippen molar-refractivity contribution in [2.24, 2.45) is 0 Å². The zero-order chi connectivity index (χ0) is 28.8. The van der Waals surface area contributed by atoms with Gasteiger partial charge in [0.05, 0.1) is 31.2 Å². The number of ether oxygens (including phenoxy) is 1. The first-order valence-electron chi connectivity index (χ1n) is 12.1. The zero-order valence-electron chi connectivity index (χ0n) is 21.7. The normalized spacial score (nSPS) is 20.1. The van der Waals surface area contributed by atoms with E-state index in [0.717, 1.165) is 4.52 Å². The van der Waals surface area contributed by atoms with E-state index in [1.165, 1.54) is 29.6 Å². The smallest absolute Gasteiger partial charge is 0.422 e. The summed E-state index contributed by atoms with van der Waals surface area (Å²) in [6.45, 7) is 5.13. The van der Waals surface area contributed by atoms with Crippen LogP contribution in [-0.2, 0) is 16.9 Å². The predicted octanol–water partition coefficient (Wildman–Crippen LogP) is 3.21. The third-order valence-electron chi connectivity index (χ3n) is 6.17. The number of hydrogen-bond donors (Lipinski definition) is 3. The molecule has 1 fully saturated rings. The molecule has 39 heavy (non-hydrogen) atoms. The maximum atomic E-state index is 14.8. The molecule has 0 bridgehead atoms. The van der Waals surface area contributed by atoms with Crippen molar-refractivity contribution >= 4 is 17.6 Å². The Morgan fingerprint density at radius 3 is 2.56 bits per heavy atom. The molecule has 1 aliphatic heterocycles. The van der Waals surface area contributed by atoms with Crippen LogP contribution in [0.1, 0.15) is 45.4 Å². The van der Waals surface area contributed by atoms with Crippen molar-refractivity contribution in [2.75, 3.05) is 18.4 Å². The lowest BCUT2D eigenvalue weighted by atomic mass is 9.97. The van der Waals surface area contributed by atoms with Crippen molar-refractivity contribution < 1.29 is 37.3 Å². The lowest BCUT2D eigenvalue weighted by Gasteiger charge is -2.36. The fraction of sp³-hybridized carbons (Fsp3) is 0.542. The van der Waals surface area contributed by atoms with Crippen molar-refractivity contribution in [3.05, 3.63) is 35.9 Å². The minimum absolute atomic E-state index is 0.0129. The molecule has 0 radical (unpaired) electrons. The average Bonchev–Trinajstić information content (AvgIpc) is 3.26. The van der Waals surface area contributed by atoms with Crippen LogP contribution < -0.4 is 5.32 Å². The summed E-state index contributed by atoms with van der Waals surface area (Å²) in [6, 6.07) is 0.361. The maximum absolute atomic E-state index is 14.8. The molecule has 4 heterocycles. The monoisotopic (exact) mass is 555 g/mol. The number of amides is 1. The van der Waals surface area contributed by atoms with E-state index < -0.39 is 48.0 Å². The highest BCUT2D eigenvalue weighted by Gasteiger charge is 2.53. The fourth-order valence-electron chi connectivity index (χ4n) is 4.09. The molecule has 0 spiro atoms. The Morgan fingerprint density at radius 1 is 1.21 bits per heavy atom. The van der Waals surface area contributed by atoms with E-state index in [1.54, 1.807) is 20.8 Å². The van der Waals surface area contributed by atoms with Gasteiger partial charge < -0.3 is 25.2 Å². The first-order chi connectivity index (χ1) is 18.1. The molecular formula is C24H29F4N7O4. The largest absolute Gasteiger partial charge is 0.444 e. The Labute approximate surface area is 220 Å². The number of carbonyl (C=O) groups excluding carboxylic acids is 1. The summed E-state index contributed by atoms with van der Waals surface area (Å²) in [5.74, 6) is 0.149. The minimum atomic E-state index is -5.07. The number of carbonyl (C=O) groups is 1. The molecule has 212 valence electrons. The number of anilines is 1. The van der Waals surface area contributed by atoms with Gasteiger partial charge in [-0.1, -0.05) is 0 Å². The fourth-order valence-corrected chi connectivity index (χ4v) is 4.09. The van der Waals surface area contributed by atoms with Gasteiger partial charge in [0.15, 0.2) is 5.65 Å². The van der Waals surface area contributed by atoms with Gasteiger partial charge in [0.1, 0.15) is 34.7 Å². The molecule has 3 aromatic heterocycles. The van der Waals surface area contributed by atoms with E-state index in [0.29, 0.717) is 6.92 Å². The predicted molar refractivity (Wildman–Crippen MR) is 130 cm³/mol. The number of alkyl halides is 4. The van der Waals surface area contributed by atoms with Gasteiger partial charge in [0, 0.05) is 18.7 Å². The SMILES string of the molecule is CC(C)(C)OC(=O)N1CC[C@H](F)[C@@H](Nc2cncc(-c3cnc4cc(CO)c(C(C)(O)C(F)(F)F)nn34)n2)C1. The second-order valence-electron chi connectivity index (χ2n) is 10.4. The number of likely N-dealkylation sites (tertiary alicyclic amines) is 1. The number of imidazole rings is 1. The first-order valence-corrected chi connectivity index (χ1v) is 12.1.